The number of halogens is 1. The second kappa shape index (κ2) is 7.21. The van der Waals surface area contributed by atoms with Gasteiger partial charge in [-0.2, -0.15) is 0 Å². The van der Waals surface area contributed by atoms with Crippen molar-refractivity contribution in [2.24, 2.45) is 5.73 Å². The van der Waals surface area contributed by atoms with E-state index in [1.165, 1.54) is 12.1 Å². The lowest BCUT2D eigenvalue weighted by Crippen LogP contribution is -2.43. The molecule has 7 nitrogen and oxygen atoms in total. The zero-order valence-electron chi connectivity index (χ0n) is 16.7. The first-order chi connectivity index (χ1) is 14.6. The predicted molar refractivity (Wildman–Crippen MR) is 115 cm³/mol. The minimum absolute atomic E-state index is 0.108. The zero-order valence-corrected chi connectivity index (χ0v) is 16.7. The number of carbonyl (C=O) groups is 1. The molecule has 0 bridgehead atoms. The van der Waals surface area contributed by atoms with Gasteiger partial charge < -0.3 is 16.0 Å². The molecule has 8 heteroatoms. The lowest BCUT2D eigenvalue weighted by Gasteiger charge is -2.33. The fourth-order valence-corrected chi connectivity index (χ4v) is 4.35. The summed E-state index contributed by atoms with van der Waals surface area (Å²) in [5.74, 6) is -0.579. The molecule has 0 saturated carbocycles. The smallest absolute Gasteiger partial charge is 0.255 e. The Morgan fingerprint density at radius 3 is 2.97 bits per heavy atom. The van der Waals surface area contributed by atoms with E-state index in [1.807, 2.05) is 19.1 Å². The van der Waals surface area contributed by atoms with E-state index in [2.05, 4.69) is 20.2 Å². The Morgan fingerprint density at radius 1 is 1.30 bits per heavy atom. The van der Waals surface area contributed by atoms with E-state index < -0.39 is 0 Å². The van der Waals surface area contributed by atoms with Gasteiger partial charge >= 0.3 is 0 Å². The summed E-state index contributed by atoms with van der Waals surface area (Å²) in [4.78, 5) is 24.4. The summed E-state index contributed by atoms with van der Waals surface area (Å²) in [6, 6.07) is 8.33. The number of pyridine rings is 2. The van der Waals surface area contributed by atoms with Gasteiger partial charge in [-0.15, -0.1) is 0 Å². The lowest BCUT2D eigenvalue weighted by atomic mass is 10.0. The highest BCUT2D eigenvalue weighted by Crippen LogP contribution is 2.32. The van der Waals surface area contributed by atoms with Gasteiger partial charge in [0.2, 0.25) is 0 Å². The Bertz CT molecular complexity index is 1280. The topological polar surface area (TPSA) is 88.5 Å². The number of imidazole rings is 1. The number of hydrogen-bond donors (Lipinski definition) is 2. The normalized spacial score (nSPS) is 17.2. The number of aromatic nitrogens is 3. The third-order valence-corrected chi connectivity index (χ3v) is 5.68. The van der Waals surface area contributed by atoms with Crippen molar-refractivity contribution < 1.29 is 9.18 Å². The number of piperidine rings is 1. The van der Waals surface area contributed by atoms with Gasteiger partial charge in [-0.3, -0.25) is 9.20 Å². The van der Waals surface area contributed by atoms with Gasteiger partial charge in [-0.05, 0) is 44.0 Å². The average Bonchev–Trinajstić information content (AvgIpc) is 3.11. The van der Waals surface area contributed by atoms with E-state index in [4.69, 9.17) is 5.73 Å². The molecule has 5 rings (SSSR count). The Morgan fingerprint density at radius 2 is 2.17 bits per heavy atom. The number of carbonyl (C=O) groups excluding carboxylic acids is 1. The summed E-state index contributed by atoms with van der Waals surface area (Å²) in [6.45, 7) is 4.00. The maximum Gasteiger partial charge on any atom is 0.255 e. The van der Waals surface area contributed by atoms with Crippen molar-refractivity contribution in [2.75, 3.05) is 24.5 Å². The van der Waals surface area contributed by atoms with Crippen molar-refractivity contribution >= 4 is 39.3 Å². The van der Waals surface area contributed by atoms with Gasteiger partial charge in [0.1, 0.15) is 11.5 Å². The van der Waals surface area contributed by atoms with E-state index in [-0.39, 0.29) is 17.8 Å². The number of nitrogens with one attached hydrogen (secondary N) is 1. The number of amides is 1. The van der Waals surface area contributed by atoms with Gasteiger partial charge in [0, 0.05) is 49.0 Å². The number of anilines is 1. The molecule has 3 N–H and O–H groups in total. The van der Waals surface area contributed by atoms with Crippen LogP contribution in [-0.4, -0.2) is 46.0 Å². The van der Waals surface area contributed by atoms with Gasteiger partial charge in [0.05, 0.1) is 16.6 Å². The molecule has 4 aromatic rings. The van der Waals surface area contributed by atoms with Gasteiger partial charge in [0.15, 0.2) is 5.65 Å². The second-order valence-corrected chi connectivity index (χ2v) is 7.74. The number of fused-ring (bicyclic) bond motifs is 5. The number of nitrogens with zero attached hydrogens (tertiary/aromatic N) is 4. The van der Waals surface area contributed by atoms with Crippen molar-refractivity contribution in [1.29, 1.82) is 0 Å². The summed E-state index contributed by atoms with van der Waals surface area (Å²) in [5, 5.41) is 3.68. The molecular formula is C22H23FN6O. The summed E-state index contributed by atoms with van der Waals surface area (Å²) in [7, 11) is 0. The van der Waals surface area contributed by atoms with E-state index in [0.717, 1.165) is 37.0 Å². The molecule has 0 spiro atoms. The molecule has 0 aliphatic carbocycles. The van der Waals surface area contributed by atoms with Crippen molar-refractivity contribution in [2.45, 2.75) is 25.8 Å². The number of nitrogens with two attached hydrogens (primary N) is 1. The standard InChI is InChI=1S/C22H23FN6O/c1-2-25-22(30)16-11-15-18(28-9-3-4-14(24)12-28)7-8-26-20(15)29-19-10-13(23)5-6-17(19)27-21(16)29/h5-8,10-11,14H,2-4,9,12,24H2,1H3,(H,25,30)/t14-/m1/s1. The number of rotatable bonds is 3. The fraction of sp³-hybridized carbons (Fsp3) is 0.318. The van der Waals surface area contributed by atoms with E-state index >= 15 is 0 Å². The van der Waals surface area contributed by atoms with E-state index in [1.54, 1.807) is 16.7 Å². The van der Waals surface area contributed by atoms with Gasteiger partial charge in [-0.1, -0.05) is 0 Å². The number of benzene rings is 1. The van der Waals surface area contributed by atoms with Crippen LogP contribution in [-0.2, 0) is 0 Å². The van der Waals surface area contributed by atoms with E-state index in [9.17, 15) is 9.18 Å². The Balaban J connectivity index is 1.86. The molecule has 4 heterocycles. The van der Waals surface area contributed by atoms with Crippen LogP contribution in [0.5, 0.6) is 0 Å². The molecule has 154 valence electrons. The van der Waals surface area contributed by atoms with Crippen LogP contribution in [0.1, 0.15) is 30.1 Å². The molecule has 0 radical (unpaired) electrons. The monoisotopic (exact) mass is 406 g/mol. The maximum atomic E-state index is 14.1. The van der Waals surface area contributed by atoms with Crippen LogP contribution in [0, 0.1) is 5.82 Å². The van der Waals surface area contributed by atoms with Crippen LogP contribution in [0.15, 0.2) is 36.5 Å². The first-order valence-electron chi connectivity index (χ1n) is 10.2. The number of hydrogen-bond acceptors (Lipinski definition) is 5. The van der Waals surface area contributed by atoms with Gasteiger partial charge in [0.25, 0.3) is 5.91 Å². The van der Waals surface area contributed by atoms with Crippen LogP contribution in [0.4, 0.5) is 10.1 Å². The molecule has 0 unspecified atom stereocenters. The van der Waals surface area contributed by atoms with Gasteiger partial charge in [-0.25, -0.2) is 14.4 Å². The Labute approximate surface area is 172 Å². The molecule has 1 aromatic carbocycles. The SMILES string of the molecule is CCNC(=O)c1cc2c(N3CCC[C@@H](N)C3)ccnc2n2c1nc1ccc(F)cc12. The highest BCUT2D eigenvalue weighted by molar-refractivity contribution is 6.07. The summed E-state index contributed by atoms with van der Waals surface area (Å²) >= 11 is 0. The quantitative estimate of drug-likeness (QED) is 0.546. The van der Waals surface area contributed by atoms with Crippen molar-refractivity contribution in [3.63, 3.8) is 0 Å². The molecule has 1 amide bonds. The summed E-state index contributed by atoms with van der Waals surface area (Å²) < 4.78 is 15.9. The van der Waals surface area contributed by atoms with Crippen LogP contribution >= 0.6 is 0 Å². The molecule has 1 saturated heterocycles. The maximum absolute atomic E-state index is 14.1. The highest BCUT2D eigenvalue weighted by atomic mass is 19.1. The molecule has 1 aliphatic rings. The van der Waals surface area contributed by atoms with Crippen LogP contribution < -0.4 is 16.0 Å². The van der Waals surface area contributed by atoms with Crippen molar-refractivity contribution in [1.82, 2.24) is 19.7 Å². The minimum Gasteiger partial charge on any atom is -0.369 e. The van der Waals surface area contributed by atoms with Crippen molar-refractivity contribution in [3.05, 3.63) is 47.9 Å². The molecule has 30 heavy (non-hydrogen) atoms. The lowest BCUT2D eigenvalue weighted by molar-refractivity contribution is 0.0957. The van der Waals surface area contributed by atoms with Crippen molar-refractivity contribution in [3.8, 4) is 0 Å². The van der Waals surface area contributed by atoms with E-state index in [0.29, 0.717) is 34.4 Å². The van der Waals surface area contributed by atoms with Crippen LogP contribution in [0.3, 0.4) is 0 Å². The van der Waals surface area contributed by atoms with Crippen LogP contribution in [0.2, 0.25) is 0 Å². The molecular weight excluding hydrogens is 383 g/mol. The Kier molecular flexibility index (Phi) is 4.51. The molecule has 1 fully saturated rings. The predicted octanol–water partition coefficient (Wildman–Crippen LogP) is 2.85. The summed E-state index contributed by atoms with van der Waals surface area (Å²) in [6.07, 6.45) is 3.75. The second-order valence-electron chi connectivity index (χ2n) is 7.74. The summed E-state index contributed by atoms with van der Waals surface area (Å²) in [5.41, 5.74) is 9.93. The molecule has 3 aromatic heterocycles. The third-order valence-electron chi connectivity index (χ3n) is 5.68. The minimum atomic E-state index is -0.362. The largest absolute Gasteiger partial charge is 0.369 e. The third kappa shape index (κ3) is 2.95. The zero-order chi connectivity index (χ0) is 20.8. The highest BCUT2D eigenvalue weighted by Gasteiger charge is 2.23. The fourth-order valence-electron chi connectivity index (χ4n) is 4.35. The average molecular weight is 406 g/mol. The molecule has 1 aliphatic heterocycles. The molecule has 1 atom stereocenters. The first-order valence-corrected chi connectivity index (χ1v) is 10.2. The first kappa shape index (κ1) is 18.7. The Hall–Kier alpha value is -3.26. The van der Waals surface area contributed by atoms with Crippen LogP contribution in [0.25, 0.3) is 27.7 Å².